The molecule has 150 valence electrons. The van der Waals surface area contributed by atoms with Gasteiger partial charge in [0.2, 0.25) is 0 Å². The first-order chi connectivity index (χ1) is 14.0. The number of amides is 1. The summed E-state index contributed by atoms with van der Waals surface area (Å²) in [7, 11) is 0. The van der Waals surface area contributed by atoms with Crippen molar-refractivity contribution in [2.45, 2.75) is 31.9 Å². The van der Waals surface area contributed by atoms with Gasteiger partial charge in [0.25, 0.3) is 11.7 Å². The Kier molecular flexibility index (Phi) is 5.20. The average Bonchev–Trinajstić information content (AvgIpc) is 3.31. The summed E-state index contributed by atoms with van der Waals surface area (Å²) in [6.07, 6.45) is 1.60. The normalized spacial score (nSPS) is 23.7. The van der Waals surface area contributed by atoms with Crippen molar-refractivity contribution in [2.24, 2.45) is 0 Å². The zero-order chi connectivity index (χ0) is 20.5. The third-order valence-electron chi connectivity index (χ3n) is 5.48. The van der Waals surface area contributed by atoms with Crippen LogP contribution in [0.4, 0.5) is 4.39 Å². The van der Waals surface area contributed by atoms with E-state index < -0.39 is 23.5 Å². The first-order valence-corrected chi connectivity index (χ1v) is 9.68. The van der Waals surface area contributed by atoms with Crippen LogP contribution in [0.1, 0.15) is 35.6 Å². The van der Waals surface area contributed by atoms with E-state index >= 15 is 0 Å². The highest BCUT2D eigenvalue weighted by Crippen LogP contribution is 2.40. The van der Waals surface area contributed by atoms with Gasteiger partial charge in [-0.15, -0.1) is 0 Å². The van der Waals surface area contributed by atoms with Crippen molar-refractivity contribution in [1.29, 1.82) is 0 Å². The molecule has 1 N–H and O–H groups in total. The van der Waals surface area contributed by atoms with Crippen LogP contribution in [0.5, 0.6) is 0 Å². The van der Waals surface area contributed by atoms with Gasteiger partial charge in [0, 0.05) is 18.7 Å². The second kappa shape index (κ2) is 7.79. The number of carbonyl (C=O) groups excluding carboxylic acids is 2. The maximum absolute atomic E-state index is 13.3. The minimum Gasteiger partial charge on any atom is -0.507 e. The van der Waals surface area contributed by atoms with E-state index in [2.05, 4.69) is 0 Å². The van der Waals surface area contributed by atoms with Crippen LogP contribution >= 0.6 is 0 Å². The molecule has 2 saturated heterocycles. The maximum Gasteiger partial charge on any atom is 0.295 e. The molecule has 2 heterocycles. The number of hydrogen-bond acceptors (Lipinski definition) is 4. The molecule has 2 aromatic carbocycles. The van der Waals surface area contributed by atoms with Crippen LogP contribution in [0.2, 0.25) is 0 Å². The number of likely N-dealkylation sites (tertiary alicyclic amines) is 1. The molecular weight excluding hydrogens is 373 g/mol. The predicted molar refractivity (Wildman–Crippen MR) is 106 cm³/mol. The van der Waals surface area contributed by atoms with Crippen LogP contribution in [0, 0.1) is 12.7 Å². The highest BCUT2D eigenvalue weighted by molar-refractivity contribution is 6.46. The van der Waals surface area contributed by atoms with E-state index in [9.17, 15) is 19.1 Å². The Hall–Kier alpha value is -2.99. The van der Waals surface area contributed by atoms with Gasteiger partial charge >= 0.3 is 0 Å². The molecule has 2 aliphatic rings. The fourth-order valence-corrected chi connectivity index (χ4v) is 3.93. The SMILES string of the molecule is Cc1ccc(C2/C(=C(/O)c3ccc(F)cc3)C(=O)C(=O)N2CC2CCCO2)cc1. The van der Waals surface area contributed by atoms with Crippen molar-refractivity contribution in [1.82, 2.24) is 4.90 Å². The Morgan fingerprint density at radius 3 is 2.45 bits per heavy atom. The van der Waals surface area contributed by atoms with Gasteiger partial charge in [-0.1, -0.05) is 29.8 Å². The number of ketones is 1. The molecule has 0 saturated carbocycles. The van der Waals surface area contributed by atoms with Gasteiger partial charge in [-0.25, -0.2) is 4.39 Å². The van der Waals surface area contributed by atoms with Crippen LogP contribution < -0.4 is 0 Å². The number of halogens is 1. The lowest BCUT2D eigenvalue weighted by atomic mass is 9.94. The smallest absolute Gasteiger partial charge is 0.295 e. The topological polar surface area (TPSA) is 66.8 Å². The van der Waals surface area contributed by atoms with Gasteiger partial charge in [-0.2, -0.15) is 0 Å². The molecule has 2 atom stereocenters. The van der Waals surface area contributed by atoms with E-state index in [-0.39, 0.29) is 24.0 Å². The molecule has 1 amide bonds. The molecule has 0 radical (unpaired) electrons. The summed E-state index contributed by atoms with van der Waals surface area (Å²) >= 11 is 0. The second-order valence-electron chi connectivity index (χ2n) is 7.50. The Morgan fingerprint density at radius 2 is 1.83 bits per heavy atom. The molecule has 6 heteroatoms. The Bertz CT molecular complexity index is 959. The van der Waals surface area contributed by atoms with E-state index in [1.807, 2.05) is 31.2 Å². The monoisotopic (exact) mass is 395 g/mol. The van der Waals surface area contributed by atoms with E-state index in [0.717, 1.165) is 24.0 Å². The number of ether oxygens (including phenoxy) is 1. The maximum atomic E-state index is 13.3. The summed E-state index contributed by atoms with van der Waals surface area (Å²) in [6, 6.07) is 12.0. The van der Waals surface area contributed by atoms with Gasteiger partial charge < -0.3 is 14.7 Å². The summed E-state index contributed by atoms with van der Waals surface area (Å²) in [5.74, 6) is -2.15. The third-order valence-corrected chi connectivity index (χ3v) is 5.48. The summed E-state index contributed by atoms with van der Waals surface area (Å²) < 4.78 is 19.0. The van der Waals surface area contributed by atoms with E-state index in [4.69, 9.17) is 4.74 Å². The van der Waals surface area contributed by atoms with E-state index in [0.29, 0.717) is 12.2 Å². The second-order valence-corrected chi connectivity index (χ2v) is 7.50. The lowest BCUT2D eigenvalue weighted by Crippen LogP contribution is -2.36. The zero-order valence-electron chi connectivity index (χ0n) is 16.1. The predicted octanol–water partition coefficient (Wildman–Crippen LogP) is 3.73. The summed E-state index contributed by atoms with van der Waals surface area (Å²) in [5, 5.41) is 10.9. The number of carbonyl (C=O) groups is 2. The van der Waals surface area contributed by atoms with Gasteiger partial charge in [0.15, 0.2) is 0 Å². The standard InChI is InChI=1S/C23H22FNO4/c1-14-4-6-15(7-5-14)20-19(21(26)16-8-10-17(24)11-9-16)22(27)23(28)25(20)13-18-3-2-12-29-18/h4-11,18,20,26H,2-3,12-13H2,1H3/b21-19-. The quantitative estimate of drug-likeness (QED) is 0.487. The Morgan fingerprint density at radius 1 is 1.14 bits per heavy atom. The minimum atomic E-state index is -0.740. The van der Waals surface area contributed by atoms with Crippen molar-refractivity contribution in [3.8, 4) is 0 Å². The highest BCUT2D eigenvalue weighted by atomic mass is 19.1. The van der Waals surface area contributed by atoms with Crippen LogP contribution in [-0.2, 0) is 14.3 Å². The largest absolute Gasteiger partial charge is 0.507 e. The fourth-order valence-electron chi connectivity index (χ4n) is 3.93. The number of aliphatic hydroxyl groups excluding tert-OH is 1. The summed E-state index contributed by atoms with van der Waals surface area (Å²) in [6.45, 7) is 2.87. The van der Waals surface area contributed by atoms with Gasteiger partial charge in [-0.3, -0.25) is 9.59 Å². The lowest BCUT2D eigenvalue weighted by Gasteiger charge is -2.27. The van der Waals surface area contributed by atoms with Crippen LogP contribution in [0.3, 0.4) is 0 Å². The number of Topliss-reactive ketones (excluding diaryl/α,β-unsaturated/α-hetero) is 1. The zero-order valence-corrected chi connectivity index (χ0v) is 16.1. The number of hydrogen-bond donors (Lipinski definition) is 1. The number of aliphatic hydroxyl groups is 1. The van der Waals surface area contributed by atoms with Crippen molar-refractivity contribution in [3.63, 3.8) is 0 Å². The van der Waals surface area contributed by atoms with Crippen molar-refractivity contribution in [2.75, 3.05) is 13.2 Å². The molecule has 0 spiro atoms. The molecule has 29 heavy (non-hydrogen) atoms. The van der Waals surface area contributed by atoms with Crippen LogP contribution in [-0.4, -0.2) is 41.0 Å². The lowest BCUT2D eigenvalue weighted by molar-refractivity contribution is -0.140. The number of rotatable bonds is 4. The molecule has 2 unspecified atom stereocenters. The first kappa shape index (κ1) is 19.3. The molecule has 0 aromatic heterocycles. The van der Waals surface area contributed by atoms with Crippen LogP contribution in [0.25, 0.3) is 5.76 Å². The van der Waals surface area contributed by atoms with E-state index in [1.165, 1.54) is 29.2 Å². The third kappa shape index (κ3) is 3.68. The number of nitrogens with zero attached hydrogens (tertiary/aromatic N) is 1. The molecule has 5 nitrogen and oxygen atoms in total. The number of benzene rings is 2. The Balaban J connectivity index is 1.81. The molecule has 2 aromatic rings. The van der Waals surface area contributed by atoms with Crippen molar-refractivity contribution in [3.05, 3.63) is 76.6 Å². The number of aryl methyl sites for hydroxylation is 1. The minimum absolute atomic E-state index is 0.0171. The molecule has 0 bridgehead atoms. The molecule has 0 aliphatic carbocycles. The van der Waals surface area contributed by atoms with E-state index in [1.54, 1.807) is 0 Å². The molecule has 2 fully saturated rings. The molecule has 4 rings (SSSR count). The molecule has 2 aliphatic heterocycles. The van der Waals surface area contributed by atoms with Crippen molar-refractivity contribution >= 4 is 17.4 Å². The summed E-state index contributed by atoms with van der Waals surface area (Å²) in [5.41, 5.74) is 2.09. The van der Waals surface area contributed by atoms with Crippen LogP contribution in [0.15, 0.2) is 54.1 Å². The summed E-state index contributed by atoms with van der Waals surface area (Å²) in [4.78, 5) is 27.2. The fraction of sp³-hybridized carbons (Fsp3) is 0.304. The first-order valence-electron chi connectivity index (χ1n) is 9.68. The van der Waals surface area contributed by atoms with Gasteiger partial charge in [0.1, 0.15) is 11.6 Å². The molecular formula is C23H22FNO4. The van der Waals surface area contributed by atoms with Crippen molar-refractivity contribution < 1.29 is 23.8 Å². The van der Waals surface area contributed by atoms with Gasteiger partial charge in [0.05, 0.1) is 17.7 Å². The Labute approximate surface area is 168 Å². The average molecular weight is 395 g/mol. The van der Waals surface area contributed by atoms with Gasteiger partial charge in [-0.05, 0) is 49.6 Å². The highest BCUT2D eigenvalue weighted by Gasteiger charge is 2.47.